The van der Waals surface area contributed by atoms with Gasteiger partial charge in [0.15, 0.2) is 7.98 Å². The zero-order valence-electron chi connectivity index (χ0n) is 10.3. The number of hydrogen-bond acceptors (Lipinski definition) is 2. The van der Waals surface area contributed by atoms with Gasteiger partial charge in [0.2, 0.25) is 0 Å². The Bertz CT molecular complexity index is 628. The number of piperidine rings is 1. The van der Waals surface area contributed by atoms with Crippen molar-refractivity contribution >= 4 is 19.0 Å². The molecule has 2 aromatic rings. The first kappa shape index (κ1) is 11.5. The second kappa shape index (κ2) is 4.28. The second-order valence-electron chi connectivity index (χ2n) is 5.00. The molecule has 0 radical (unpaired) electrons. The van der Waals surface area contributed by atoms with Gasteiger partial charge in [0.25, 0.3) is 0 Å². The Morgan fingerprint density at radius 3 is 2.78 bits per heavy atom. The summed E-state index contributed by atoms with van der Waals surface area (Å²) < 4.78 is 14.9. The van der Waals surface area contributed by atoms with Crippen LogP contribution in [0.1, 0.15) is 18.9 Å². The van der Waals surface area contributed by atoms with E-state index >= 15 is 0 Å². The van der Waals surface area contributed by atoms with Crippen molar-refractivity contribution in [2.45, 2.75) is 18.9 Å². The van der Waals surface area contributed by atoms with E-state index in [1.165, 1.54) is 12.1 Å². The molecule has 2 heterocycles. The fraction of sp³-hybridized carbons (Fsp3) is 0.417. The Kier molecular flexibility index (Phi) is 2.74. The molecule has 0 bridgehead atoms. The van der Waals surface area contributed by atoms with E-state index < -0.39 is 0 Å². The van der Waals surface area contributed by atoms with E-state index in [1.54, 1.807) is 10.6 Å². The lowest BCUT2D eigenvalue weighted by molar-refractivity contribution is 0.283. The van der Waals surface area contributed by atoms with Crippen molar-refractivity contribution in [3.63, 3.8) is 0 Å². The molecular formula is C12H15BFN3O. The molecule has 1 aromatic carbocycles. The van der Waals surface area contributed by atoms with Crippen LogP contribution in [0.5, 0.6) is 0 Å². The lowest BCUT2D eigenvalue weighted by Gasteiger charge is -2.30. The van der Waals surface area contributed by atoms with Crippen molar-refractivity contribution in [3.05, 3.63) is 34.5 Å². The largest absolute Gasteiger partial charge is 0.349 e. The van der Waals surface area contributed by atoms with Gasteiger partial charge in [0, 0.05) is 6.04 Å². The molecule has 0 spiro atoms. The number of rotatable bonds is 1. The van der Waals surface area contributed by atoms with Gasteiger partial charge in [-0.15, -0.1) is 0 Å². The maximum Gasteiger partial charge on any atom is 0.326 e. The molecule has 94 valence electrons. The van der Waals surface area contributed by atoms with Gasteiger partial charge in [0.05, 0.1) is 11.0 Å². The van der Waals surface area contributed by atoms with Crippen molar-refractivity contribution in [3.8, 4) is 0 Å². The summed E-state index contributed by atoms with van der Waals surface area (Å²) in [5.41, 5.74) is 1.25. The van der Waals surface area contributed by atoms with Crippen LogP contribution >= 0.6 is 0 Å². The quantitative estimate of drug-likeness (QED) is 0.752. The van der Waals surface area contributed by atoms with E-state index in [0.717, 1.165) is 31.4 Å². The molecule has 6 heteroatoms. The number of aromatic amines is 1. The van der Waals surface area contributed by atoms with Gasteiger partial charge in [-0.3, -0.25) is 4.57 Å². The topological polar surface area (TPSA) is 41.0 Å². The van der Waals surface area contributed by atoms with E-state index in [-0.39, 0.29) is 17.5 Å². The number of fused-ring (bicyclic) bond motifs is 1. The van der Waals surface area contributed by atoms with Crippen LogP contribution in [-0.4, -0.2) is 35.4 Å². The van der Waals surface area contributed by atoms with Crippen molar-refractivity contribution in [1.29, 1.82) is 0 Å². The number of nitrogens with zero attached hydrogens (tertiary/aromatic N) is 2. The maximum atomic E-state index is 13.1. The average Bonchev–Trinajstić information content (AvgIpc) is 2.65. The summed E-state index contributed by atoms with van der Waals surface area (Å²) in [5, 5.41) is 0. The first-order valence-electron chi connectivity index (χ1n) is 6.23. The normalized spacial score (nSPS) is 18.5. The van der Waals surface area contributed by atoms with E-state index in [9.17, 15) is 9.18 Å². The molecule has 4 nitrogen and oxygen atoms in total. The minimum Gasteiger partial charge on any atom is -0.349 e. The summed E-state index contributed by atoms with van der Waals surface area (Å²) in [6.45, 7) is 1.98. The van der Waals surface area contributed by atoms with Crippen molar-refractivity contribution in [1.82, 2.24) is 14.4 Å². The molecule has 0 amide bonds. The standard InChI is InChI=1S/C12H15BFN3O/c13-16-5-3-9(4-6-16)17-11-2-1-8(14)7-10(11)15-12(17)18/h1-2,7,9H,3-6,13H2,(H,15,18). The number of imidazole rings is 1. The fourth-order valence-corrected chi connectivity index (χ4v) is 2.72. The second-order valence-corrected chi connectivity index (χ2v) is 5.00. The number of halogens is 1. The van der Waals surface area contributed by atoms with Crippen LogP contribution in [0.4, 0.5) is 4.39 Å². The lowest BCUT2D eigenvalue weighted by atomic mass is 10.0. The number of nitrogens with one attached hydrogen (secondary N) is 1. The first-order valence-corrected chi connectivity index (χ1v) is 6.23. The Hall–Kier alpha value is -1.56. The molecule has 1 N–H and O–H groups in total. The monoisotopic (exact) mass is 247 g/mol. The van der Waals surface area contributed by atoms with E-state index in [4.69, 9.17) is 0 Å². The Balaban J connectivity index is 2.06. The SMILES string of the molecule is BN1CCC(n2c(=O)[nH]c3cc(F)ccc32)CC1. The molecule has 0 atom stereocenters. The maximum absolute atomic E-state index is 13.1. The van der Waals surface area contributed by atoms with Gasteiger partial charge in [-0.25, -0.2) is 9.18 Å². The minimum atomic E-state index is -0.320. The average molecular weight is 247 g/mol. The number of H-pyrrole nitrogens is 1. The molecule has 0 aliphatic carbocycles. The van der Waals surface area contributed by atoms with Crippen molar-refractivity contribution in [2.75, 3.05) is 13.1 Å². The van der Waals surface area contributed by atoms with Crippen LogP contribution in [0.2, 0.25) is 0 Å². The third-order valence-corrected chi connectivity index (χ3v) is 3.73. The van der Waals surface area contributed by atoms with Crippen LogP contribution < -0.4 is 5.69 Å². The highest BCUT2D eigenvalue weighted by Gasteiger charge is 2.21. The van der Waals surface area contributed by atoms with Crippen LogP contribution in [-0.2, 0) is 0 Å². The number of aromatic nitrogens is 2. The molecule has 0 unspecified atom stereocenters. The summed E-state index contributed by atoms with van der Waals surface area (Å²) in [4.78, 5) is 17.0. The van der Waals surface area contributed by atoms with Crippen molar-refractivity contribution in [2.24, 2.45) is 0 Å². The summed E-state index contributed by atoms with van der Waals surface area (Å²) in [6.07, 6.45) is 1.92. The predicted octanol–water partition coefficient (Wildman–Crippen LogP) is 0.654. The van der Waals surface area contributed by atoms with Crippen LogP contribution in [0.25, 0.3) is 11.0 Å². The fourth-order valence-electron chi connectivity index (χ4n) is 2.72. The van der Waals surface area contributed by atoms with Crippen LogP contribution in [0.3, 0.4) is 0 Å². The van der Waals surface area contributed by atoms with Gasteiger partial charge < -0.3 is 9.79 Å². The lowest BCUT2D eigenvalue weighted by Crippen LogP contribution is -2.35. The Morgan fingerprint density at radius 1 is 1.33 bits per heavy atom. The first-order chi connectivity index (χ1) is 8.65. The molecule has 0 saturated carbocycles. The van der Waals surface area contributed by atoms with E-state index in [2.05, 4.69) is 17.8 Å². The molecule has 3 rings (SSSR count). The summed E-state index contributed by atoms with van der Waals surface area (Å²) >= 11 is 0. The Labute approximate surface area is 105 Å². The van der Waals surface area contributed by atoms with Crippen LogP contribution in [0.15, 0.2) is 23.0 Å². The summed E-state index contributed by atoms with van der Waals surface area (Å²) in [7, 11) is 2.09. The molecule has 1 aromatic heterocycles. The molecular weight excluding hydrogens is 232 g/mol. The van der Waals surface area contributed by atoms with E-state index in [1.807, 2.05) is 0 Å². The predicted molar refractivity (Wildman–Crippen MR) is 70.9 cm³/mol. The highest BCUT2D eigenvalue weighted by molar-refractivity contribution is 6.04. The molecule has 18 heavy (non-hydrogen) atoms. The zero-order valence-corrected chi connectivity index (χ0v) is 10.3. The molecule has 1 aliphatic heterocycles. The van der Waals surface area contributed by atoms with Gasteiger partial charge in [-0.2, -0.15) is 0 Å². The molecule has 1 aliphatic rings. The molecule has 1 fully saturated rings. The number of benzene rings is 1. The van der Waals surface area contributed by atoms with Gasteiger partial charge in [-0.05, 0) is 44.1 Å². The zero-order chi connectivity index (χ0) is 12.7. The summed E-state index contributed by atoms with van der Waals surface area (Å²) in [6, 6.07) is 4.68. The van der Waals surface area contributed by atoms with Gasteiger partial charge in [-0.1, -0.05) is 0 Å². The third-order valence-electron chi connectivity index (χ3n) is 3.73. The summed E-state index contributed by atoms with van der Waals surface area (Å²) in [5.74, 6) is -0.320. The minimum absolute atomic E-state index is 0.134. The molecule has 1 saturated heterocycles. The Morgan fingerprint density at radius 2 is 2.06 bits per heavy atom. The third kappa shape index (κ3) is 1.86. The highest BCUT2D eigenvalue weighted by atomic mass is 19.1. The van der Waals surface area contributed by atoms with Gasteiger partial charge >= 0.3 is 5.69 Å². The van der Waals surface area contributed by atoms with Crippen molar-refractivity contribution < 1.29 is 4.39 Å². The van der Waals surface area contributed by atoms with Crippen LogP contribution in [0, 0.1) is 5.82 Å². The van der Waals surface area contributed by atoms with E-state index in [0.29, 0.717) is 5.52 Å². The highest BCUT2D eigenvalue weighted by Crippen LogP contribution is 2.24. The van der Waals surface area contributed by atoms with Gasteiger partial charge in [0.1, 0.15) is 5.82 Å². The smallest absolute Gasteiger partial charge is 0.326 e. The number of hydrogen-bond donors (Lipinski definition) is 1.